The van der Waals surface area contributed by atoms with Gasteiger partial charge in [-0.3, -0.25) is 9.59 Å². The van der Waals surface area contributed by atoms with Crippen LogP contribution in [0.5, 0.6) is 0 Å². The summed E-state index contributed by atoms with van der Waals surface area (Å²) in [7, 11) is 0. The van der Waals surface area contributed by atoms with Crippen LogP contribution in [0.15, 0.2) is 28.6 Å². The normalized spacial score (nSPS) is 15.4. The van der Waals surface area contributed by atoms with Gasteiger partial charge in [-0.15, -0.1) is 21.5 Å². The topological polar surface area (TPSA) is 110 Å². The lowest BCUT2D eigenvalue weighted by Crippen LogP contribution is -2.20. The van der Waals surface area contributed by atoms with Gasteiger partial charge in [0.05, 0.1) is 17.0 Å². The number of benzene rings is 1. The van der Waals surface area contributed by atoms with Crippen LogP contribution in [0.3, 0.4) is 0 Å². The Morgan fingerprint density at radius 2 is 2.10 bits per heavy atom. The highest BCUT2D eigenvalue weighted by atomic mass is 32.2. The number of fused-ring (bicyclic) bond motifs is 1. The van der Waals surface area contributed by atoms with Crippen LogP contribution in [0, 0.1) is 11.7 Å². The number of aromatic nitrogens is 2. The molecule has 0 aliphatic heterocycles. The summed E-state index contributed by atoms with van der Waals surface area (Å²) in [5, 5.41) is 14.7. The van der Waals surface area contributed by atoms with Gasteiger partial charge in [-0.05, 0) is 42.9 Å². The van der Waals surface area contributed by atoms with Crippen LogP contribution < -0.4 is 16.4 Å². The summed E-state index contributed by atoms with van der Waals surface area (Å²) in [6.45, 7) is 2.18. The third kappa shape index (κ3) is 5.05. The third-order valence-corrected chi connectivity index (χ3v) is 8.00. The Morgan fingerprint density at radius 1 is 1.29 bits per heavy atom. The molecule has 4 rings (SSSR count). The highest BCUT2D eigenvalue weighted by molar-refractivity contribution is 8.01. The van der Waals surface area contributed by atoms with E-state index in [4.69, 9.17) is 5.73 Å². The van der Waals surface area contributed by atoms with E-state index in [2.05, 4.69) is 27.8 Å². The van der Waals surface area contributed by atoms with Gasteiger partial charge in [-0.2, -0.15) is 0 Å². The minimum Gasteiger partial charge on any atom is -0.365 e. The number of thioether (sulfide) groups is 1. The molecule has 0 fully saturated rings. The first-order valence-corrected chi connectivity index (χ1v) is 12.2. The molecule has 11 heteroatoms. The Labute approximate surface area is 190 Å². The molecule has 2 aromatic heterocycles. The lowest BCUT2D eigenvalue weighted by molar-refractivity contribution is -0.113. The highest BCUT2D eigenvalue weighted by Crippen LogP contribution is 2.39. The summed E-state index contributed by atoms with van der Waals surface area (Å²) in [5.74, 6) is -0.494. The van der Waals surface area contributed by atoms with Crippen LogP contribution in [0.1, 0.15) is 34.1 Å². The number of nitrogens with zero attached hydrogens (tertiary/aromatic N) is 2. The summed E-state index contributed by atoms with van der Waals surface area (Å²) < 4.78 is 14.3. The van der Waals surface area contributed by atoms with Gasteiger partial charge in [0, 0.05) is 4.88 Å². The number of para-hydroxylation sites is 1. The number of amides is 2. The molecule has 1 aromatic carbocycles. The molecule has 31 heavy (non-hydrogen) atoms. The fourth-order valence-corrected chi connectivity index (χ4v) is 6.38. The Morgan fingerprint density at radius 3 is 2.87 bits per heavy atom. The van der Waals surface area contributed by atoms with E-state index in [1.165, 1.54) is 40.5 Å². The summed E-state index contributed by atoms with van der Waals surface area (Å²) in [6.07, 6.45) is 2.71. The van der Waals surface area contributed by atoms with Crippen molar-refractivity contribution in [3.05, 3.63) is 46.1 Å². The second kappa shape index (κ2) is 9.33. The number of thiophene rings is 1. The summed E-state index contributed by atoms with van der Waals surface area (Å²) in [5.41, 5.74) is 7.32. The van der Waals surface area contributed by atoms with Crippen LogP contribution in [0.4, 0.5) is 20.2 Å². The molecule has 7 nitrogen and oxygen atoms in total. The van der Waals surface area contributed by atoms with E-state index in [0.29, 0.717) is 31.6 Å². The fourth-order valence-electron chi connectivity index (χ4n) is 3.39. The first-order chi connectivity index (χ1) is 14.9. The number of hydrogen-bond acceptors (Lipinski definition) is 8. The molecule has 0 saturated heterocycles. The van der Waals surface area contributed by atoms with Crippen LogP contribution in [-0.4, -0.2) is 27.8 Å². The second-order valence-electron chi connectivity index (χ2n) is 7.23. The molecule has 1 unspecified atom stereocenters. The van der Waals surface area contributed by atoms with E-state index >= 15 is 0 Å². The molecule has 0 saturated carbocycles. The number of carbonyl (C=O) groups is 2. The van der Waals surface area contributed by atoms with E-state index < -0.39 is 5.91 Å². The van der Waals surface area contributed by atoms with Gasteiger partial charge in [0.1, 0.15) is 10.8 Å². The Kier molecular flexibility index (Phi) is 6.54. The van der Waals surface area contributed by atoms with Crippen LogP contribution in [0.25, 0.3) is 0 Å². The number of nitrogens with two attached hydrogens (primary N) is 1. The minimum atomic E-state index is -0.511. The maximum Gasteiger partial charge on any atom is 0.251 e. The minimum absolute atomic E-state index is 0.103. The van der Waals surface area contributed by atoms with Crippen LogP contribution in [0.2, 0.25) is 0 Å². The van der Waals surface area contributed by atoms with Crippen LogP contribution in [-0.2, 0) is 17.6 Å². The number of carbonyl (C=O) groups excluding carboxylic acids is 2. The SMILES string of the molecule is CC1CCc2c(sc(NC(=O)CSc3nnc(Nc4ccccc4F)s3)c2C(N)=O)C1. The Bertz CT molecular complexity index is 1130. The number of hydrogen-bond donors (Lipinski definition) is 3. The van der Waals surface area contributed by atoms with E-state index in [-0.39, 0.29) is 17.5 Å². The monoisotopic (exact) mass is 477 g/mol. The second-order valence-corrected chi connectivity index (χ2v) is 10.5. The maximum atomic E-state index is 13.7. The molecular formula is C20H20FN5O2S3. The van der Waals surface area contributed by atoms with E-state index in [9.17, 15) is 14.0 Å². The summed E-state index contributed by atoms with van der Waals surface area (Å²) in [6, 6.07) is 6.28. The zero-order chi connectivity index (χ0) is 22.0. The van der Waals surface area contributed by atoms with Gasteiger partial charge >= 0.3 is 0 Å². The van der Waals surface area contributed by atoms with Gasteiger partial charge in [-0.25, -0.2) is 4.39 Å². The molecule has 2 amide bonds. The van der Waals surface area contributed by atoms with Crippen molar-refractivity contribution in [1.29, 1.82) is 0 Å². The molecule has 0 spiro atoms. The Balaban J connectivity index is 1.38. The first-order valence-electron chi connectivity index (χ1n) is 9.62. The number of primary amides is 1. The van der Waals surface area contributed by atoms with Crippen molar-refractivity contribution < 1.29 is 14.0 Å². The number of rotatable bonds is 7. The summed E-state index contributed by atoms with van der Waals surface area (Å²) in [4.78, 5) is 25.6. The molecule has 0 radical (unpaired) electrons. The molecule has 3 aromatic rings. The van der Waals surface area contributed by atoms with E-state index in [1.807, 2.05) is 0 Å². The van der Waals surface area contributed by atoms with Crippen molar-refractivity contribution in [2.45, 2.75) is 30.5 Å². The first kappa shape index (κ1) is 21.7. The predicted octanol–water partition coefficient (Wildman–Crippen LogP) is 4.44. The molecule has 2 heterocycles. The molecule has 0 bridgehead atoms. The van der Waals surface area contributed by atoms with E-state index in [0.717, 1.165) is 29.7 Å². The molecule has 4 N–H and O–H groups in total. The maximum absolute atomic E-state index is 13.7. The molecule has 1 aliphatic rings. The number of anilines is 3. The van der Waals surface area contributed by atoms with Crippen molar-refractivity contribution in [2.75, 3.05) is 16.4 Å². The standard InChI is InChI=1S/C20H20FN5O2S3/c1-10-6-7-11-14(8-10)30-18(16(11)17(22)28)24-15(27)9-29-20-26-25-19(31-20)23-13-5-3-2-4-12(13)21/h2-5,10H,6-9H2,1H3,(H2,22,28)(H,23,25)(H,24,27). The number of halogens is 1. The highest BCUT2D eigenvalue weighted by Gasteiger charge is 2.27. The number of nitrogens with one attached hydrogen (secondary N) is 2. The van der Waals surface area contributed by atoms with Gasteiger partial charge in [0.2, 0.25) is 11.0 Å². The van der Waals surface area contributed by atoms with Crippen molar-refractivity contribution in [3.8, 4) is 0 Å². The third-order valence-electron chi connectivity index (χ3n) is 4.86. The van der Waals surface area contributed by atoms with Gasteiger partial charge in [0.25, 0.3) is 5.91 Å². The van der Waals surface area contributed by atoms with Gasteiger partial charge in [-0.1, -0.05) is 42.2 Å². The molecular weight excluding hydrogens is 457 g/mol. The Hall–Kier alpha value is -2.50. The van der Waals surface area contributed by atoms with Gasteiger partial charge < -0.3 is 16.4 Å². The van der Waals surface area contributed by atoms with Gasteiger partial charge in [0.15, 0.2) is 4.34 Å². The molecule has 1 atom stereocenters. The quantitative estimate of drug-likeness (QED) is 0.434. The zero-order valence-electron chi connectivity index (χ0n) is 16.6. The zero-order valence-corrected chi connectivity index (χ0v) is 19.1. The van der Waals surface area contributed by atoms with Crippen molar-refractivity contribution in [1.82, 2.24) is 10.2 Å². The van der Waals surface area contributed by atoms with E-state index in [1.54, 1.807) is 18.2 Å². The van der Waals surface area contributed by atoms with Crippen molar-refractivity contribution in [3.63, 3.8) is 0 Å². The average molecular weight is 478 g/mol. The predicted molar refractivity (Wildman–Crippen MR) is 123 cm³/mol. The molecule has 1 aliphatic carbocycles. The van der Waals surface area contributed by atoms with Crippen molar-refractivity contribution in [2.24, 2.45) is 11.7 Å². The van der Waals surface area contributed by atoms with Crippen LogP contribution >= 0.6 is 34.4 Å². The average Bonchev–Trinajstić information content (AvgIpc) is 3.31. The van der Waals surface area contributed by atoms with Crippen molar-refractivity contribution >= 4 is 62.1 Å². The lowest BCUT2D eigenvalue weighted by Gasteiger charge is -2.18. The summed E-state index contributed by atoms with van der Waals surface area (Å²) >= 11 is 3.88. The fraction of sp³-hybridized carbons (Fsp3) is 0.300. The smallest absolute Gasteiger partial charge is 0.251 e. The lowest BCUT2D eigenvalue weighted by atomic mass is 9.88. The largest absolute Gasteiger partial charge is 0.365 e. The molecule has 162 valence electrons.